The van der Waals surface area contributed by atoms with E-state index in [9.17, 15) is 32.5 Å². The molecule has 0 fully saturated rings. The molecule has 1 aromatic carbocycles. The van der Waals surface area contributed by atoms with Crippen LogP contribution in [-0.4, -0.2) is 35.6 Å². The number of phenolic OH excluding ortho intramolecular Hbond substituents is 1. The topological polar surface area (TPSA) is 152 Å². The zero-order chi connectivity index (χ0) is 15.9. The summed E-state index contributed by atoms with van der Waals surface area (Å²) in [5, 5.41) is 18.3. The first-order valence-corrected chi connectivity index (χ1v) is 6.43. The molecule has 0 saturated carbocycles. The van der Waals surface area contributed by atoms with Gasteiger partial charge in [-0.25, -0.2) is 8.42 Å². The first-order valence-electron chi connectivity index (χ1n) is 5.02. The van der Waals surface area contributed by atoms with Gasteiger partial charge in [0.15, 0.2) is 5.78 Å². The molecule has 0 amide bonds. The van der Waals surface area contributed by atoms with Gasteiger partial charge in [0, 0.05) is 0 Å². The van der Waals surface area contributed by atoms with Gasteiger partial charge in [-0.1, -0.05) is 0 Å². The minimum absolute atomic E-state index is 0. The summed E-state index contributed by atoms with van der Waals surface area (Å²) in [5.74, 6) is -3.51. The van der Waals surface area contributed by atoms with Crippen LogP contribution in [0.3, 0.4) is 0 Å². The van der Waals surface area contributed by atoms with Crippen LogP contribution in [0.4, 0.5) is 0 Å². The molecule has 10 heteroatoms. The Balaban J connectivity index is 0. The number of aromatic hydroxyl groups is 1. The maximum absolute atomic E-state index is 10.3. The fourth-order valence-electron chi connectivity index (χ4n) is 0.911. The Bertz CT molecular complexity index is 606. The number of hydrogen-bond acceptors (Lipinski definition) is 8. The number of carbonyl (C=O) groups excluding carboxylic acids is 3. The summed E-state index contributed by atoms with van der Waals surface area (Å²) < 4.78 is 30.9. The Labute approximate surface area is 133 Å². The van der Waals surface area contributed by atoms with Gasteiger partial charge in [0.05, 0.1) is 11.3 Å². The number of benzene rings is 1. The number of Topliss-reactive ketones (excluding diaryl/α,β-unsaturated/α-hetero) is 2. The maximum atomic E-state index is 10.3. The van der Waals surface area contributed by atoms with Gasteiger partial charge in [0.1, 0.15) is 27.6 Å². The van der Waals surface area contributed by atoms with E-state index in [0.717, 1.165) is 31.2 Å². The summed E-state index contributed by atoms with van der Waals surface area (Å²) in [7, 11) is -4.38. The summed E-state index contributed by atoms with van der Waals surface area (Å²) in [6.07, 6.45) is -0.567. The van der Waals surface area contributed by atoms with Gasteiger partial charge in [-0.15, -0.1) is 0 Å². The van der Waals surface area contributed by atoms with Crippen LogP contribution in [0.5, 0.6) is 5.75 Å². The average molecular weight is 368 g/mol. The second kappa shape index (κ2) is 9.33. The van der Waals surface area contributed by atoms with Gasteiger partial charge in [-0.05, 0) is 31.2 Å². The van der Waals surface area contributed by atoms with E-state index < -0.39 is 34.1 Å². The SMILES string of the molecule is CC(=O)CC(=O)C(=O)[O-].O=S(=O)([O-])c1ccc(O)cc1.[Zn+2]. The summed E-state index contributed by atoms with van der Waals surface area (Å²) in [5.41, 5.74) is 0. The fourth-order valence-corrected chi connectivity index (χ4v) is 1.38. The van der Waals surface area contributed by atoms with Crippen LogP contribution < -0.4 is 5.11 Å². The third kappa shape index (κ3) is 9.83. The molecule has 1 aromatic rings. The molecule has 0 aromatic heterocycles. The average Bonchev–Trinajstić information content (AvgIpc) is 2.28. The van der Waals surface area contributed by atoms with Gasteiger partial charge < -0.3 is 19.6 Å². The summed E-state index contributed by atoms with van der Waals surface area (Å²) >= 11 is 0. The van der Waals surface area contributed by atoms with E-state index in [1.165, 1.54) is 0 Å². The molecule has 21 heavy (non-hydrogen) atoms. The minimum atomic E-state index is -4.38. The summed E-state index contributed by atoms with van der Waals surface area (Å²) in [6, 6.07) is 4.39. The van der Waals surface area contributed by atoms with E-state index >= 15 is 0 Å². The molecule has 0 radical (unpaired) electrons. The molecule has 0 aliphatic carbocycles. The maximum Gasteiger partial charge on any atom is 2.00 e. The Morgan fingerprint density at radius 3 is 1.81 bits per heavy atom. The smallest absolute Gasteiger partial charge is 0.744 e. The van der Waals surface area contributed by atoms with Crippen LogP contribution in [0.25, 0.3) is 0 Å². The van der Waals surface area contributed by atoms with Crippen molar-refractivity contribution < 1.29 is 57.0 Å². The predicted molar refractivity (Wildman–Crippen MR) is 61.4 cm³/mol. The molecular weight excluding hydrogens is 358 g/mol. The molecule has 1 rings (SSSR count). The van der Waals surface area contributed by atoms with Crippen molar-refractivity contribution in [3.05, 3.63) is 24.3 Å². The summed E-state index contributed by atoms with van der Waals surface area (Å²) in [4.78, 5) is 29.4. The van der Waals surface area contributed by atoms with Crippen molar-refractivity contribution in [2.24, 2.45) is 0 Å². The Morgan fingerprint density at radius 1 is 1.14 bits per heavy atom. The first kappa shape index (κ1) is 21.7. The number of carboxylic acid groups (broad SMARTS) is 1. The van der Waals surface area contributed by atoms with Crippen molar-refractivity contribution in [3.8, 4) is 5.75 Å². The number of rotatable bonds is 4. The molecule has 1 N–H and O–H groups in total. The Kier molecular flexibility index (Phi) is 9.62. The standard InChI is InChI=1S/C6H6O4S.C5H6O4.Zn/c7-5-1-3-6(4-2-5)11(8,9)10;1-3(6)2-4(7)5(8)9;/h1-4,7H,(H,8,9,10);2H2,1H3,(H,8,9);/q;;+2/p-2. The van der Waals surface area contributed by atoms with E-state index in [2.05, 4.69) is 0 Å². The molecule has 0 aliphatic rings. The van der Waals surface area contributed by atoms with E-state index in [-0.39, 0.29) is 30.1 Å². The van der Waals surface area contributed by atoms with Gasteiger partial charge >= 0.3 is 19.5 Å². The number of phenols is 1. The first-order chi connectivity index (χ1) is 9.04. The zero-order valence-electron chi connectivity index (χ0n) is 10.9. The van der Waals surface area contributed by atoms with Gasteiger partial charge in [-0.2, -0.15) is 0 Å². The van der Waals surface area contributed by atoms with Crippen molar-refractivity contribution in [1.29, 1.82) is 0 Å². The van der Waals surface area contributed by atoms with Crippen molar-refractivity contribution >= 4 is 27.7 Å². The van der Waals surface area contributed by atoms with Gasteiger partial charge in [0.2, 0.25) is 0 Å². The second-order valence-electron chi connectivity index (χ2n) is 3.54. The van der Waals surface area contributed by atoms with Crippen molar-refractivity contribution in [2.45, 2.75) is 18.2 Å². The van der Waals surface area contributed by atoms with Gasteiger partial charge in [-0.3, -0.25) is 9.59 Å². The predicted octanol–water partition coefficient (Wildman–Crippen LogP) is -1.42. The van der Waals surface area contributed by atoms with Crippen LogP contribution in [0, 0.1) is 0 Å². The molecule has 0 atom stereocenters. The van der Waals surface area contributed by atoms with Gasteiger partial charge in [0.25, 0.3) is 0 Å². The number of carboxylic acids is 1. The molecule has 0 bridgehead atoms. The third-order valence-corrected chi connectivity index (χ3v) is 2.61. The zero-order valence-corrected chi connectivity index (χ0v) is 14.7. The normalized spacial score (nSPS) is 9.62. The molecule has 0 spiro atoms. The van der Waals surface area contributed by atoms with Crippen molar-refractivity contribution in [1.82, 2.24) is 0 Å². The molecule has 0 heterocycles. The minimum Gasteiger partial charge on any atom is -0.744 e. The summed E-state index contributed by atoms with van der Waals surface area (Å²) in [6.45, 7) is 1.14. The molecule has 0 unspecified atom stereocenters. The van der Waals surface area contributed by atoms with Crippen molar-refractivity contribution in [2.75, 3.05) is 0 Å². The number of aliphatic carboxylic acids is 1. The third-order valence-electron chi connectivity index (χ3n) is 1.76. The second-order valence-corrected chi connectivity index (χ2v) is 4.92. The van der Waals surface area contributed by atoms with Crippen LogP contribution in [0.15, 0.2) is 29.2 Å². The van der Waals surface area contributed by atoms with Crippen LogP contribution >= 0.6 is 0 Å². The van der Waals surface area contributed by atoms with Crippen LogP contribution in [0.2, 0.25) is 0 Å². The van der Waals surface area contributed by atoms with E-state index in [0.29, 0.717) is 0 Å². The number of ketones is 2. The van der Waals surface area contributed by atoms with Crippen LogP contribution in [-0.2, 0) is 44.0 Å². The van der Waals surface area contributed by atoms with E-state index in [1.807, 2.05) is 0 Å². The monoisotopic (exact) mass is 366 g/mol. The van der Waals surface area contributed by atoms with Crippen LogP contribution in [0.1, 0.15) is 13.3 Å². The molecule has 0 aliphatic heterocycles. The Morgan fingerprint density at radius 2 is 1.57 bits per heavy atom. The fraction of sp³-hybridized carbons (Fsp3) is 0.182. The molecule has 110 valence electrons. The number of hydrogen-bond donors (Lipinski definition) is 1. The largest absolute Gasteiger partial charge is 2.00 e. The van der Waals surface area contributed by atoms with Crippen molar-refractivity contribution in [3.63, 3.8) is 0 Å². The molecule has 8 nitrogen and oxygen atoms in total. The van der Waals surface area contributed by atoms with E-state index in [4.69, 9.17) is 5.11 Å². The molecular formula is C11H10O8SZn. The number of carbonyl (C=O) groups is 3. The quantitative estimate of drug-likeness (QED) is 0.294. The molecule has 0 saturated heterocycles. The van der Waals surface area contributed by atoms with E-state index in [1.54, 1.807) is 0 Å². The Hall–Kier alpha value is -1.64.